The quantitative estimate of drug-likeness (QED) is 0.366. The summed E-state index contributed by atoms with van der Waals surface area (Å²) in [5.41, 5.74) is 4.20. The molecule has 0 aliphatic carbocycles. The van der Waals surface area contributed by atoms with Crippen LogP contribution in [0.2, 0.25) is 0 Å². The molecule has 1 aromatic rings. The SMILES string of the molecule is NCCC(=O)c1cc(F)c(F)c(F)c1F. The van der Waals surface area contributed by atoms with Crippen LogP contribution in [0.1, 0.15) is 16.8 Å². The van der Waals surface area contributed by atoms with E-state index in [1.807, 2.05) is 0 Å². The number of ketones is 1. The first-order valence-corrected chi connectivity index (χ1v) is 4.05. The maximum atomic E-state index is 13.0. The molecular formula is C9H7F4NO. The summed E-state index contributed by atoms with van der Waals surface area (Å²) in [6.07, 6.45) is -0.262. The Morgan fingerprint density at radius 2 is 1.73 bits per heavy atom. The summed E-state index contributed by atoms with van der Waals surface area (Å²) in [7, 11) is 0. The minimum atomic E-state index is -1.99. The monoisotopic (exact) mass is 221 g/mol. The first-order valence-electron chi connectivity index (χ1n) is 4.05. The first kappa shape index (κ1) is 11.6. The number of carbonyl (C=O) groups excluding carboxylic acids is 1. The lowest BCUT2D eigenvalue weighted by molar-refractivity contribution is 0.0979. The second-order valence-electron chi connectivity index (χ2n) is 2.81. The first-order chi connectivity index (χ1) is 6.99. The summed E-state index contributed by atoms with van der Waals surface area (Å²) in [5, 5.41) is 0. The number of benzene rings is 1. The van der Waals surface area contributed by atoms with Crippen LogP contribution in [0.3, 0.4) is 0 Å². The van der Waals surface area contributed by atoms with E-state index in [2.05, 4.69) is 0 Å². The van der Waals surface area contributed by atoms with E-state index < -0.39 is 34.6 Å². The van der Waals surface area contributed by atoms with Crippen molar-refractivity contribution in [1.29, 1.82) is 0 Å². The van der Waals surface area contributed by atoms with E-state index in [1.165, 1.54) is 0 Å². The fraction of sp³-hybridized carbons (Fsp3) is 0.222. The lowest BCUT2D eigenvalue weighted by Crippen LogP contribution is -2.12. The van der Waals surface area contributed by atoms with Gasteiger partial charge in [-0.25, -0.2) is 17.6 Å². The van der Waals surface area contributed by atoms with E-state index in [1.54, 1.807) is 0 Å². The minimum absolute atomic E-state index is 0.0844. The zero-order valence-electron chi connectivity index (χ0n) is 7.49. The van der Waals surface area contributed by atoms with Crippen molar-refractivity contribution in [2.45, 2.75) is 6.42 Å². The maximum absolute atomic E-state index is 13.0. The molecule has 1 aromatic carbocycles. The molecule has 0 amide bonds. The highest BCUT2D eigenvalue weighted by Crippen LogP contribution is 2.19. The molecule has 15 heavy (non-hydrogen) atoms. The average Bonchev–Trinajstić information content (AvgIpc) is 2.20. The summed E-state index contributed by atoms with van der Waals surface area (Å²) in [5.74, 6) is -8.08. The van der Waals surface area contributed by atoms with Crippen molar-refractivity contribution in [3.8, 4) is 0 Å². The topological polar surface area (TPSA) is 43.1 Å². The fourth-order valence-corrected chi connectivity index (χ4v) is 1.04. The molecule has 0 aliphatic rings. The Morgan fingerprint density at radius 1 is 1.13 bits per heavy atom. The molecule has 0 spiro atoms. The number of carbonyl (C=O) groups is 1. The van der Waals surface area contributed by atoms with E-state index >= 15 is 0 Å². The van der Waals surface area contributed by atoms with Crippen molar-refractivity contribution in [3.05, 3.63) is 34.9 Å². The molecule has 0 bridgehead atoms. The van der Waals surface area contributed by atoms with Gasteiger partial charge in [-0.3, -0.25) is 4.79 Å². The Kier molecular flexibility index (Phi) is 3.41. The zero-order chi connectivity index (χ0) is 11.6. The molecule has 1 rings (SSSR count). The zero-order valence-corrected chi connectivity index (χ0v) is 7.49. The van der Waals surface area contributed by atoms with Crippen LogP contribution in [-0.2, 0) is 0 Å². The third-order valence-corrected chi connectivity index (χ3v) is 1.77. The molecule has 0 aliphatic heterocycles. The normalized spacial score (nSPS) is 10.5. The van der Waals surface area contributed by atoms with Crippen LogP contribution >= 0.6 is 0 Å². The molecule has 0 atom stereocenters. The molecule has 0 saturated heterocycles. The molecule has 6 heteroatoms. The van der Waals surface area contributed by atoms with Gasteiger partial charge in [0.25, 0.3) is 0 Å². The summed E-state index contributed by atoms with van der Waals surface area (Å²) in [6, 6.07) is 0.325. The van der Waals surface area contributed by atoms with E-state index in [-0.39, 0.29) is 13.0 Å². The second-order valence-corrected chi connectivity index (χ2v) is 2.81. The Morgan fingerprint density at radius 3 is 2.27 bits per heavy atom. The lowest BCUT2D eigenvalue weighted by Gasteiger charge is -2.03. The number of halogens is 4. The van der Waals surface area contributed by atoms with Crippen LogP contribution in [0.5, 0.6) is 0 Å². The van der Waals surface area contributed by atoms with Gasteiger partial charge < -0.3 is 5.73 Å². The van der Waals surface area contributed by atoms with Crippen molar-refractivity contribution < 1.29 is 22.4 Å². The highest BCUT2D eigenvalue weighted by atomic mass is 19.2. The summed E-state index contributed by atoms with van der Waals surface area (Å²) < 4.78 is 50.8. The lowest BCUT2D eigenvalue weighted by atomic mass is 10.1. The van der Waals surface area contributed by atoms with Gasteiger partial charge in [0.15, 0.2) is 29.1 Å². The molecule has 0 heterocycles. The number of rotatable bonds is 3. The Labute approximate surface area is 82.7 Å². The molecule has 0 saturated carbocycles. The molecule has 0 unspecified atom stereocenters. The van der Waals surface area contributed by atoms with Gasteiger partial charge >= 0.3 is 0 Å². The fourth-order valence-electron chi connectivity index (χ4n) is 1.04. The Balaban J connectivity index is 3.26. The van der Waals surface area contributed by atoms with Crippen molar-refractivity contribution in [1.82, 2.24) is 0 Å². The number of hydrogen-bond acceptors (Lipinski definition) is 2. The molecular weight excluding hydrogens is 214 g/mol. The predicted octanol–water partition coefficient (Wildman–Crippen LogP) is 1.77. The van der Waals surface area contributed by atoms with Gasteiger partial charge in [-0.2, -0.15) is 0 Å². The minimum Gasteiger partial charge on any atom is -0.330 e. The summed E-state index contributed by atoms with van der Waals surface area (Å²) in [6.45, 7) is -0.0844. The number of hydrogen-bond donors (Lipinski definition) is 1. The van der Waals surface area contributed by atoms with Crippen LogP contribution < -0.4 is 5.73 Å². The third-order valence-electron chi connectivity index (χ3n) is 1.77. The van der Waals surface area contributed by atoms with Crippen LogP contribution in [0.25, 0.3) is 0 Å². The van der Waals surface area contributed by atoms with E-state index in [9.17, 15) is 22.4 Å². The van der Waals surface area contributed by atoms with Crippen LogP contribution in [0.15, 0.2) is 6.07 Å². The molecule has 82 valence electrons. The van der Waals surface area contributed by atoms with Gasteiger partial charge in [-0.1, -0.05) is 0 Å². The molecule has 0 aromatic heterocycles. The van der Waals surface area contributed by atoms with Crippen molar-refractivity contribution in [2.24, 2.45) is 5.73 Å². The second kappa shape index (κ2) is 4.39. The third kappa shape index (κ3) is 2.15. The number of nitrogens with two attached hydrogens (primary N) is 1. The van der Waals surface area contributed by atoms with Crippen LogP contribution in [-0.4, -0.2) is 12.3 Å². The smallest absolute Gasteiger partial charge is 0.198 e. The van der Waals surface area contributed by atoms with Crippen LogP contribution in [0, 0.1) is 23.3 Å². The van der Waals surface area contributed by atoms with Crippen molar-refractivity contribution >= 4 is 5.78 Å². The Bertz CT molecular complexity index is 406. The molecule has 0 fully saturated rings. The van der Waals surface area contributed by atoms with Gasteiger partial charge in [0.2, 0.25) is 0 Å². The van der Waals surface area contributed by atoms with Crippen molar-refractivity contribution in [3.63, 3.8) is 0 Å². The van der Waals surface area contributed by atoms with E-state index in [4.69, 9.17) is 5.73 Å². The van der Waals surface area contributed by atoms with Gasteiger partial charge in [-0.15, -0.1) is 0 Å². The molecule has 2 nitrogen and oxygen atoms in total. The predicted molar refractivity (Wildman–Crippen MR) is 44.3 cm³/mol. The number of Topliss-reactive ketones (excluding diaryl/α,β-unsaturated/α-hetero) is 1. The van der Waals surface area contributed by atoms with E-state index in [0.717, 1.165) is 0 Å². The molecule has 0 radical (unpaired) electrons. The maximum Gasteiger partial charge on any atom is 0.198 e. The summed E-state index contributed by atoms with van der Waals surface area (Å²) in [4.78, 5) is 11.1. The average molecular weight is 221 g/mol. The van der Waals surface area contributed by atoms with E-state index in [0.29, 0.717) is 6.07 Å². The Hall–Kier alpha value is -1.43. The standard InChI is InChI=1S/C9H7F4NO/c10-5-3-4(6(15)1-2-14)7(11)9(13)8(5)12/h3H,1-2,14H2. The van der Waals surface area contributed by atoms with Crippen LogP contribution in [0.4, 0.5) is 17.6 Å². The van der Waals surface area contributed by atoms with Gasteiger partial charge in [0.05, 0.1) is 5.56 Å². The highest BCUT2D eigenvalue weighted by Gasteiger charge is 2.22. The van der Waals surface area contributed by atoms with Gasteiger partial charge in [0.1, 0.15) is 0 Å². The molecule has 2 N–H and O–H groups in total. The van der Waals surface area contributed by atoms with Gasteiger partial charge in [0, 0.05) is 6.42 Å². The highest BCUT2D eigenvalue weighted by molar-refractivity contribution is 5.96. The largest absolute Gasteiger partial charge is 0.330 e. The van der Waals surface area contributed by atoms with Gasteiger partial charge in [-0.05, 0) is 12.6 Å². The van der Waals surface area contributed by atoms with Crippen molar-refractivity contribution in [2.75, 3.05) is 6.54 Å². The summed E-state index contributed by atoms with van der Waals surface area (Å²) >= 11 is 0.